The van der Waals surface area contributed by atoms with E-state index in [1.807, 2.05) is 38.7 Å². The topological polar surface area (TPSA) is 72.6 Å². The van der Waals surface area contributed by atoms with Crippen LogP contribution in [0.5, 0.6) is 0 Å². The minimum absolute atomic E-state index is 0.0345. The smallest absolute Gasteiger partial charge is 0.252 e. The molecule has 22 heavy (non-hydrogen) atoms. The van der Waals surface area contributed by atoms with Crippen molar-refractivity contribution in [1.29, 1.82) is 0 Å². The zero-order valence-electron chi connectivity index (χ0n) is 13.4. The van der Waals surface area contributed by atoms with Gasteiger partial charge >= 0.3 is 0 Å². The first-order valence-electron chi connectivity index (χ1n) is 7.55. The van der Waals surface area contributed by atoms with Crippen molar-refractivity contribution in [3.8, 4) is 0 Å². The van der Waals surface area contributed by atoms with E-state index in [1.165, 1.54) is 0 Å². The Morgan fingerprint density at radius 3 is 2.64 bits per heavy atom. The number of nitrogens with zero attached hydrogens (tertiary/aromatic N) is 5. The highest BCUT2D eigenvalue weighted by molar-refractivity contribution is 5.78. The molecule has 7 heteroatoms. The molecule has 1 aliphatic rings. The molecule has 2 atom stereocenters. The Labute approximate surface area is 129 Å². The van der Waals surface area contributed by atoms with Crippen LogP contribution in [0.1, 0.15) is 31.1 Å². The zero-order valence-corrected chi connectivity index (χ0v) is 13.4. The van der Waals surface area contributed by atoms with E-state index >= 15 is 0 Å². The molecule has 0 aromatic carbocycles. The third kappa shape index (κ3) is 2.94. The predicted octanol–water partition coefficient (Wildman–Crippen LogP) is 0.919. The van der Waals surface area contributed by atoms with E-state index in [4.69, 9.17) is 4.74 Å². The molecule has 1 saturated heterocycles. The number of hydrogen-bond donors (Lipinski definition) is 0. The van der Waals surface area contributed by atoms with Gasteiger partial charge in [-0.25, -0.2) is 9.50 Å². The number of carbonyl (C=O) groups is 1. The molecule has 0 unspecified atom stereocenters. The van der Waals surface area contributed by atoms with Crippen LogP contribution in [-0.4, -0.2) is 55.7 Å². The molecular formula is C15H21N5O2. The third-order valence-corrected chi connectivity index (χ3v) is 3.74. The summed E-state index contributed by atoms with van der Waals surface area (Å²) in [6.45, 7) is 9.07. The first kappa shape index (κ1) is 14.9. The lowest BCUT2D eigenvalue weighted by molar-refractivity contribution is -0.142. The maximum Gasteiger partial charge on any atom is 0.252 e. The fourth-order valence-corrected chi connectivity index (χ4v) is 2.91. The molecule has 3 rings (SSSR count). The van der Waals surface area contributed by atoms with Gasteiger partial charge in [-0.1, -0.05) is 0 Å². The summed E-state index contributed by atoms with van der Waals surface area (Å²) in [4.78, 5) is 23.0. The third-order valence-electron chi connectivity index (χ3n) is 3.74. The Morgan fingerprint density at radius 1 is 1.27 bits per heavy atom. The first-order chi connectivity index (χ1) is 10.4. The summed E-state index contributed by atoms with van der Waals surface area (Å²) < 4.78 is 7.34. The van der Waals surface area contributed by atoms with Crippen LogP contribution in [0.2, 0.25) is 0 Å². The molecule has 2 aromatic heterocycles. The number of hydrogen-bond acceptors (Lipinski definition) is 5. The number of rotatable bonds is 2. The molecule has 3 heterocycles. The number of aromatic nitrogens is 4. The van der Waals surface area contributed by atoms with E-state index in [1.54, 1.807) is 4.52 Å². The van der Waals surface area contributed by atoms with Crippen LogP contribution in [0, 0.1) is 13.8 Å². The monoisotopic (exact) mass is 303 g/mol. The van der Waals surface area contributed by atoms with Gasteiger partial charge in [-0.05, 0) is 33.8 Å². The van der Waals surface area contributed by atoms with E-state index in [9.17, 15) is 4.79 Å². The summed E-state index contributed by atoms with van der Waals surface area (Å²) in [6, 6.07) is 1.94. The van der Waals surface area contributed by atoms with E-state index in [0.29, 0.717) is 24.7 Å². The Morgan fingerprint density at radius 2 is 1.95 bits per heavy atom. The molecule has 7 nitrogen and oxygen atoms in total. The van der Waals surface area contributed by atoms with Crippen molar-refractivity contribution in [2.45, 2.75) is 46.3 Å². The van der Waals surface area contributed by atoms with Gasteiger partial charge in [-0.2, -0.15) is 4.98 Å². The maximum absolute atomic E-state index is 12.4. The van der Waals surface area contributed by atoms with E-state index in [-0.39, 0.29) is 24.5 Å². The van der Waals surface area contributed by atoms with Gasteiger partial charge in [-0.3, -0.25) is 4.79 Å². The van der Waals surface area contributed by atoms with Crippen LogP contribution in [-0.2, 0) is 16.0 Å². The molecule has 0 radical (unpaired) electrons. The van der Waals surface area contributed by atoms with Crippen molar-refractivity contribution in [1.82, 2.24) is 24.5 Å². The van der Waals surface area contributed by atoms with Crippen molar-refractivity contribution in [3.63, 3.8) is 0 Å². The average molecular weight is 303 g/mol. The second-order valence-electron chi connectivity index (χ2n) is 6.01. The molecule has 1 aliphatic heterocycles. The number of amides is 1. The Kier molecular flexibility index (Phi) is 3.82. The minimum atomic E-state index is 0.0345. The van der Waals surface area contributed by atoms with Gasteiger partial charge in [0, 0.05) is 24.5 Å². The van der Waals surface area contributed by atoms with E-state index in [0.717, 1.165) is 11.4 Å². The second-order valence-corrected chi connectivity index (χ2v) is 6.01. The van der Waals surface area contributed by atoms with Gasteiger partial charge in [0.25, 0.3) is 5.78 Å². The van der Waals surface area contributed by atoms with Crippen LogP contribution < -0.4 is 0 Å². The highest BCUT2D eigenvalue weighted by Crippen LogP contribution is 2.12. The van der Waals surface area contributed by atoms with Crippen LogP contribution in [0.4, 0.5) is 0 Å². The summed E-state index contributed by atoms with van der Waals surface area (Å²) in [7, 11) is 0. The largest absolute Gasteiger partial charge is 0.372 e. The number of fused-ring (bicyclic) bond motifs is 1. The normalized spacial score (nSPS) is 22.3. The van der Waals surface area contributed by atoms with Crippen LogP contribution in [0.3, 0.4) is 0 Å². The summed E-state index contributed by atoms with van der Waals surface area (Å²) in [5, 5.41) is 4.39. The first-order valence-corrected chi connectivity index (χ1v) is 7.55. The lowest BCUT2D eigenvalue weighted by atomic mass is 10.2. The van der Waals surface area contributed by atoms with Crippen molar-refractivity contribution in [3.05, 3.63) is 23.3 Å². The van der Waals surface area contributed by atoms with Gasteiger partial charge in [0.2, 0.25) is 5.91 Å². The Balaban J connectivity index is 1.78. The van der Waals surface area contributed by atoms with Gasteiger partial charge in [-0.15, -0.1) is 5.10 Å². The molecule has 0 N–H and O–H groups in total. The van der Waals surface area contributed by atoms with Gasteiger partial charge in [0.1, 0.15) is 0 Å². The van der Waals surface area contributed by atoms with Crippen molar-refractivity contribution in [2.24, 2.45) is 0 Å². The molecule has 1 fully saturated rings. The molecule has 2 aromatic rings. The maximum atomic E-state index is 12.4. The molecular weight excluding hydrogens is 282 g/mol. The molecule has 118 valence electrons. The van der Waals surface area contributed by atoms with E-state index in [2.05, 4.69) is 15.1 Å². The Bertz CT molecular complexity index is 701. The SMILES string of the molecule is Cc1cc(C)n2nc(CC(=O)N3C[C@H](C)O[C@@H](C)C3)nc2n1. The fourth-order valence-electron chi connectivity index (χ4n) is 2.91. The number of ether oxygens (including phenoxy) is 1. The lowest BCUT2D eigenvalue weighted by Gasteiger charge is -2.35. The standard InChI is InChI=1S/C15H21N5O2/c1-9-5-10(2)20-15(16-9)17-13(18-20)6-14(21)19-7-11(3)22-12(4)8-19/h5,11-12H,6-8H2,1-4H3/t11-,12-/m0/s1. The van der Waals surface area contributed by atoms with Crippen LogP contribution in [0.25, 0.3) is 5.78 Å². The summed E-state index contributed by atoms with van der Waals surface area (Å²) in [5.74, 6) is 1.09. The molecule has 0 spiro atoms. The molecule has 0 saturated carbocycles. The summed E-state index contributed by atoms with van der Waals surface area (Å²) in [5.41, 5.74) is 1.86. The van der Waals surface area contributed by atoms with E-state index < -0.39 is 0 Å². The van der Waals surface area contributed by atoms with Gasteiger partial charge in [0.05, 0.1) is 18.6 Å². The zero-order chi connectivity index (χ0) is 15.9. The second kappa shape index (κ2) is 5.64. The molecule has 1 amide bonds. The van der Waals surface area contributed by atoms with Gasteiger partial charge in [0.15, 0.2) is 5.82 Å². The number of aryl methyl sites for hydroxylation is 2. The lowest BCUT2D eigenvalue weighted by Crippen LogP contribution is -2.48. The van der Waals surface area contributed by atoms with Crippen molar-refractivity contribution < 1.29 is 9.53 Å². The average Bonchev–Trinajstić information content (AvgIpc) is 2.80. The number of morpholine rings is 1. The van der Waals surface area contributed by atoms with Gasteiger partial charge < -0.3 is 9.64 Å². The number of carbonyl (C=O) groups excluding carboxylic acids is 1. The van der Waals surface area contributed by atoms with Crippen molar-refractivity contribution >= 4 is 11.7 Å². The molecule has 0 aliphatic carbocycles. The molecule has 0 bridgehead atoms. The van der Waals surface area contributed by atoms with Crippen molar-refractivity contribution in [2.75, 3.05) is 13.1 Å². The van der Waals surface area contributed by atoms with Crippen LogP contribution in [0.15, 0.2) is 6.07 Å². The Hall–Kier alpha value is -2.02. The highest BCUT2D eigenvalue weighted by atomic mass is 16.5. The summed E-state index contributed by atoms with van der Waals surface area (Å²) >= 11 is 0. The summed E-state index contributed by atoms with van der Waals surface area (Å²) in [6.07, 6.45) is 0.322. The fraction of sp³-hybridized carbons (Fsp3) is 0.600. The predicted molar refractivity (Wildman–Crippen MR) is 80.5 cm³/mol. The minimum Gasteiger partial charge on any atom is -0.372 e. The highest BCUT2D eigenvalue weighted by Gasteiger charge is 2.26. The van der Waals surface area contributed by atoms with Crippen LogP contribution >= 0.6 is 0 Å². The quantitative estimate of drug-likeness (QED) is 0.825.